The number of nitrogens with zero attached hydrogens (tertiary/aromatic N) is 3. The van der Waals surface area contributed by atoms with Crippen LogP contribution in [-0.2, 0) is 11.2 Å². The fourth-order valence-corrected chi connectivity index (χ4v) is 2.46. The maximum Gasteiger partial charge on any atom is 0.219 e. The molecule has 0 radical (unpaired) electrons. The van der Waals surface area contributed by atoms with Crippen LogP contribution in [0.5, 0.6) is 0 Å². The number of nitrogens with one attached hydrogen (secondary N) is 1. The van der Waals surface area contributed by atoms with Crippen molar-refractivity contribution in [1.29, 1.82) is 0 Å². The Kier molecular flexibility index (Phi) is 8.43. The summed E-state index contributed by atoms with van der Waals surface area (Å²) in [5.74, 6) is 2.02. The van der Waals surface area contributed by atoms with Gasteiger partial charge in [0.25, 0.3) is 0 Å². The molecule has 2 rings (SSSR count). The summed E-state index contributed by atoms with van der Waals surface area (Å²) in [5, 5.41) is 3.42. The lowest BCUT2D eigenvalue weighted by Crippen LogP contribution is -2.54. The number of carbonyl (C=O) groups is 1. The summed E-state index contributed by atoms with van der Waals surface area (Å²) in [6.07, 6.45) is 2.48. The molecular weight excluding hydrogens is 407 g/mol. The number of hydrogen-bond donors (Lipinski definition) is 1. The minimum atomic E-state index is 0. The van der Waals surface area contributed by atoms with E-state index in [1.165, 1.54) is 0 Å². The van der Waals surface area contributed by atoms with Crippen molar-refractivity contribution in [3.8, 4) is 0 Å². The van der Waals surface area contributed by atoms with Gasteiger partial charge in [-0.25, -0.2) is 0 Å². The molecule has 1 fully saturated rings. The van der Waals surface area contributed by atoms with Crippen molar-refractivity contribution >= 4 is 35.8 Å². The number of furan rings is 1. The van der Waals surface area contributed by atoms with Gasteiger partial charge < -0.3 is 19.5 Å². The Morgan fingerprint density at radius 2 is 1.96 bits per heavy atom. The Balaban J connectivity index is 0.00000264. The lowest BCUT2D eigenvalue weighted by atomic mass is 10.3. The quantitative estimate of drug-likeness (QED) is 0.447. The first-order valence-electron chi connectivity index (χ1n) is 7.90. The molecule has 1 amide bonds. The van der Waals surface area contributed by atoms with Crippen LogP contribution in [0.4, 0.5) is 0 Å². The Hall–Kier alpha value is -1.25. The van der Waals surface area contributed by atoms with Gasteiger partial charge in [0, 0.05) is 52.1 Å². The maximum atomic E-state index is 11.4. The van der Waals surface area contributed by atoms with Gasteiger partial charge in [-0.1, -0.05) is 0 Å². The van der Waals surface area contributed by atoms with Gasteiger partial charge in [-0.15, -0.1) is 24.0 Å². The predicted molar refractivity (Wildman–Crippen MR) is 102 cm³/mol. The molecule has 1 aliphatic heterocycles. The van der Waals surface area contributed by atoms with Gasteiger partial charge in [-0.05, 0) is 26.0 Å². The standard InChI is InChI=1S/C16H26N4O2.HI/c1-13(2)18-16(17-7-6-15-5-4-12-22-15)20-10-8-19(9-11-20)14(3)21;/h4-5,12-13H,6-11H2,1-3H3,(H,17,18);1H. The van der Waals surface area contributed by atoms with Gasteiger partial charge in [-0.3, -0.25) is 9.79 Å². The van der Waals surface area contributed by atoms with Crippen LogP contribution in [-0.4, -0.2) is 60.4 Å². The summed E-state index contributed by atoms with van der Waals surface area (Å²) >= 11 is 0. The first kappa shape index (κ1) is 19.8. The summed E-state index contributed by atoms with van der Waals surface area (Å²) in [7, 11) is 0. The molecule has 23 heavy (non-hydrogen) atoms. The minimum Gasteiger partial charge on any atom is -0.469 e. The molecular formula is C16H27IN4O2. The van der Waals surface area contributed by atoms with Gasteiger partial charge in [0.1, 0.15) is 5.76 Å². The van der Waals surface area contributed by atoms with Crippen molar-refractivity contribution in [2.24, 2.45) is 4.99 Å². The number of rotatable bonds is 4. The molecule has 1 aromatic rings. The van der Waals surface area contributed by atoms with Gasteiger partial charge >= 0.3 is 0 Å². The van der Waals surface area contributed by atoms with Crippen molar-refractivity contribution in [3.05, 3.63) is 24.2 Å². The van der Waals surface area contributed by atoms with Crippen molar-refractivity contribution < 1.29 is 9.21 Å². The average molecular weight is 434 g/mol. The number of piperazine rings is 1. The first-order chi connectivity index (χ1) is 10.6. The van der Waals surface area contributed by atoms with E-state index >= 15 is 0 Å². The summed E-state index contributed by atoms with van der Waals surface area (Å²) in [4.78, 5) is 20.2. The summed E-state index contributed by atoms with van der Waals surface area (Å²) in [5.41, 5.74) is 0. The van der Waals surface area contributed by atoms with E-state index in [1.54, 1.807) is 13.2 Å². The number of halogens is 1. The minimum absolute atomic E-state index is 0. The lowest BCUT2D eigenvalue weighted by molar-refractivity contribution is -0.130. The highest BCUT2D eigenvalue weighted by molar-refractivity contribution is 14.0. The van der Waals surface area contributed by atoms with Gasteiger partial charge in [0.15, 0.2) is 5.96 Å². The fourth-order valence-electron chi connectivity index (χ4n) is 2.46. The zero-order valence-electron chi connectivity index (χ0n) is 14.1. The molecule has 0 spiro atoms. The Bertz CT molecular complexity index is 494. The Labute approximate surface area is 155 Å². The summed E-state index contributed by atoms with van der Waals surface area (Å²) in [6.45, 7) is 9.67. The van der Waals surface area contributed by atoms with E-state index < -0.39 is 0 Å². The molecule has 1 N–H and O–H groups in total. The predicted octanol–water partition coefficient (Wildman–Crippen LogP) is 1.96. The van der Waals surface area contributed by atoms with Crippen LogP contribution in [0.15, 0.2) is 27.8 Å². The molecule has 0 saturated carbocycles. The highest BCUT2D eigenvalue weighted by atomic mass is 127. The normalized spacial score (nSPS) is 15.6. The highest BCUT2D eigenvalue weighted by Crippen LogP contribution is 2.05. The number of hydrogen-bond acceptors (Lipinski definition) is 3. The van der Waals surface area contributed by atoms with Crippen LogP contribution < -0.4 is 5.32 Å². The van der Waals surface area contributed by atoms with E-state index in [0.717, 1.165) is 44.3 Å². The topological polar surface area (TPSA) is 61.1 Å². The van der Waals surface area contributed by atoms with Crippen molar-refractivity contribution in [2.75, 3.05) is 32.7 Å². The van der Waals surface area contributed by atoms with Crippen LogP contribution in [0.25, 0.3) is 0 Å². The number of guanidine groups is 1. The monoisotopic (exact) mass is 434 g/mol. The second-order valence-electron chi connectivity index (χ2n) is 5.83. The van der Waals surface area contributed by atoms with Gasteiger partial charge in [0.05, 0.1) is 6.26 Å². The number of aliphatic imine (C=N–C) groups is 1. The second kappa shape index (κ2) is 9.79. The molecule has 0 bridgehead atoms. The molecule has 1 aromatic heterocycles. The van der Waals surface area contributed by atoms with Crippen molar-refractivity contribution in [2.45, 2.75) is 33.2 Å². The third-order valence-corrected chi connectivity index (χ3v) is 3.64. The van der Waals surface area contributed by atoms with E-state index in [4.69, 9.17) is 9.41 Å². The lowest BCUT2D eigenvalue weighted by Gasteiger charge is -2.36. The maximum absolute atomic E-state index is 11.4. The van der Waals surface area contributed by atoms with Gasteiger partial charge in [0.2, 0.25) is 5.91 Å². The van der Waals surface area contributed by atoms with Crippen LogP contribution >= 0.6 is 24.0 Å². The zero-order valence-corrected chi connectivity index (χ0v) is 16.4. The molecule has 2 heterocycles. The molecule has 1 aliphatic rings. The largest absolute Gasteiger partial charge is 0.469 e. The SMILES string of the molecule is CC(=O)N1CCN(C(=NCCc2ccco2)NC(C)C)CC1.I. The van der Waals surface area contributed by atoms with Gasteiger partial charge in [-0.2, -0.15) is 0 Å². The summed E-state index contributed by atoms with van der Waals surface area (Å²) < 4.78 is 5.33. The third-order valence-electron chi connectivity index (χ3n) is 3.64. The van der Waals surface area contributed by atoms with E-state index in [-0.39, 0.29) is 29.9 Å². The Morgan fingerprint density at radius 1 is 1.30 bits per heavy atom. The van der Waals surface area contributed by atoms with E-state index in [1.807, 2.05) is 17.0 Å². The molecule has 0 unspecified atom stereocenters. The number of amides is 1. The zero-order chi connectivity index (χ0) is 15.9. The molecule has 0 aromatic carbocycles. The van der Waals surface area contributed by atoms with Crippen molar-refractivity contribution in [1.82, 2.24) is 15.1 Å². The van der Waals surface area contributed by atoms with E-state index in [2.05, 4.69) is 24.1 Å². The molecule has 6 nitrogen and oxygen atoms in total. The van der Waals surface area contributed by atoms with Crippen LogP contribution in [0.2, 0.25) is 0 Å². The third kappa shape index (κ3) is 6.40. The second-order valence-corrected chi connectivity index (χ2v) is 5.83. The Morgan fingerprint density at radius 3 is 2.48 bits per heavy atom. The highest BCUT2D eigenvalue weighted by Gasteiger charge is 2.21. The molecule has 1 saturated heterocycles. The molecule has 7 heteroatoms. The average Bonchev–Trinajstić information content (AvgIpc) is 2.99. The van der Waals surface area contributed by atoms with Crippen LogP contribution in [0.3, 0.4) is 0 Å². The smallest absolute Gasteiger partial charge is 0.219 e. The molecule has 0 aliphatic carbocycles. The molecule has 0 atom stereocenters. The fraction of sp³-hybridized carbons (Fsp3) is 0.625. The first-order valence-corrected chi connectivity index (χ1v) is 7.90. The number of carbonyl (C=O) groups excluding carboxylic acids is 1. The van der Waals surface area contributed by atoms with Crippen LogP contribution in [0.1, 0.15) is 26.5 Å². The van der Waals surface area contributed by atoms with E-state index in [0.29, 0.717) is 12.6 Å². The summed E-state index contributed by atoms with van der Waals surface area (Å²) in [6, 6.07) is 4.19. The van der Waals surface area contributed by atoms with Crippen LogP contribution in [0, 0.1) is 0 Å². The van der Waals surface area contributed by atoms with E-state index in [9.17, 15) is 4.79 Å². The van der Waals surface area contributed by atoms with Crippen molar-refractivity contribution in [3.63, 3.8) is 0 Å². The molecule has 130 valence electrons.